The van der Waals surface area contributed by atoms with E-state index in [1.54, 1.807) is 24.3 Å². The van der Waals surface area contributed by atoms with Crippen molar-refractivity contribution < 1.29 is 42.9 Å². The van der Waals surface area contributed by atoms with Crippen LogP contribution in [0.25, 0.3) is 0 Å². The Hall–Kier alpha value is -5.08. The van der Waals surface area contributed by atoms with E-state index in [2.05, 4.69) is 5.32 Å². The average molecular weight is 705 g/mol. The maximum Gasteiger partial charge on any atom is 0.415 e. The molecule has 14 heteroatoms. The molecule has 0 saturated carbocycles. The van der Waals surface area contributed by atoms with Gasteiger partial charge in [-0.1, -0.05) is 30.0 Å². The summed E-state index contributed by atoms with van der Waals surface area (Å²) in [7, 11) is 6.38. The van der Waals surface area contributed by atoms with E-state index < -0.39 is 41.6 Å². The summed E-state index contributed by atoms with van der Waals surface area (Å²) >= 11 is 0.856. The van der Waals surface area contributed by atoms with Gasteiger partial charge >= 0.3 is 18.0 Å². The minimum Gasteiger partial charge on any atom is -0.467 e. The van der Waals surface area contributed by atoms with Crippen molar-refractivity contribution in [3.8, 4) is 17.2 Å². The second-order valence-corrected chi connectivity index (χ2v) is 13.3. The highest BCUT2D eigenvalue weighted by Gasteiger charge is 2.53. The van der Waals surface area contributed by atoms with E-state index in [9.17, 15) is 24.0 Å². The van der Waals surface area contributed by atoms with Gasteiger partial charge in [0.05, 0.1) is 12.7 Å². The van der Waals surface area contributed by atoms with Gasteiger partial charge in [-0.15, -0.1) is 0 Å². The number of hydrogen-bond donors (Lipinski definition) is 2. The number of methoxy groups -OCH3 is 1. The number of nitrogens with two attached hydrogens (primary N) is 1. The van der Waals surface area contributed by atoms with Gasteiger partial charge in [0.1, 0.15) is 29.3 Å². The molecule has 0 aromatic heterocycles. The Morgan fingerprint density at radius 1 is 0.960 bits per heavy atom. The Labute approximate surface area is 294 Å². The normalized spacial score (nSPS) is 16.5. The molecule has 5 rings (SSSR count). The first kappa shape index (κ1) is 36.2. The molecular weight excluding hydrogens is 664 g/mol. The van der Waals surface area contributed by atoms with Crippen molar-refractivity contribution in [3.63, 3.8) is 0 Å². The quantitative estimate of drug-likeness (QED) is 0.204. The average Bonchev–Trinajstić information content (AvgIpc) is 3.39. The second-order valence-electron chi connectivity index (χ2n) is 12.1. The third-order valence-corrected chi connectivity index (χ3v) is 9.53. The van der Waals surface area contributed by atoms with Gasteiger partial charge < -0.3 is 34.9 Å². The number of amides is 2. The molecule has 3 aromatic rings. The van der Waals surface area contributed by atoms with Gasteiger partial charge in [-0.2, -0.15) is 0 Å². The lowest BCUT2D eigenvalue weighted by Crippen LogP contribution is -2.54. The molecule has 3 N–H and O–H groups in total. The fraction of sp³-hybridized carbons (Fsp3) is 0.361. The van der Waals surface area contributed by atoms with Gasteiger partial charge in [0, 0.05) is 68.3 Å². The Morgan fingerprint density at radius 2 is 1.66 bits per heavy atom. The highest BCUT2D eigenvalue weighted by Crippen LogP contribution is 2.57. The summed E-state index contributed by atoms with van der Waals surface area (Å²) in [5, 5.41) is 2.40. The molecular formula is C36H40N4O9S. The second kappa shape index (κ2) is 15.2. The van der Waals surface area contributed by atoms with E-state index in [4.69, 9.17) is 24.7 Å². The molecule has 1 spiro atoms. The highest BCUT2D eigenvalue weighted by atomic mass is 32.2. The number of likely N-dealkylation sites (N-methyl/N-ethyl adjacent to an activating group) is 1. The summed E-state index contributed by atoms with van der Waals surface area (Å²) in [6.45, 7) is 1.77. The monoisotopic (exact) mass is 704 g/mol. The van der Waals surface area contributed by atoms with E-state index in [0.29, 0.717) is 53.1 Å². The van der Waals surface area contributed by atoms with Crippen molar-refractivity contribution in [2.45, 2.75) is 43.9 Å². The van der Waals surface area contributed by atoms with E-state index in [-0.39, 0.29) is 23.0 Å². The lowest BCUT2D eigenvalue weighted by Gasteiger charge is -2.37. The smallest absolute Gasteiger partial charge is 0.415 e. The topological polar surface area (TPSA) is 167 Å². The molecule has 0 bridgehead atoms. The van der Waals surface area contributed by atoms with Gasteiger partial charge in [-0.3, -0.25) is 14.5 Å². The van der Waals surface area contributed by atoms with Gasteiger partial charge in [0.25, 0.3) is 0 Å². The Kier molecular flexibility index (Phi) is 11.0. The Balaban J connectivity index is 1.44. The summed E-state index contributed by atoms with van der Waals surface area (Å²) in [6.07, 6.45) is 0.591. The summed E-state index contributed by atoms with van der Waals surface area (Å²) < 4.78 is 23.2. The van der Waals surface area contributed by atoms with Crippen LogP contribution in [0.5, 0.6) is 17.2 Å². The summed E-state index contributed by atoms with van der Waals surface area (Å²) in [4.78, 5) is 67.5. The fourth-order valence-corrected chi connectivity index (χ4v) is 6.77. The van der Waals surface area contributed by atoms with Crippen LogP contribution in [-0.2, 0) is 29.5 Å². The minimum absolute atomic E-state index is 0.0882. The SMILES string of the molecule is COC(=O)[C@H](CCCCN)NC(=O)[C@H](CSC(C)=O)N(C)C(=O)Oc1ccc2c(c1)Oc1cc(N(C)C)ccc1C21OC(=O)c2ccccc21. The van der Waals surface area contributed by atoms with E-state index in [1.807, 2.05) is 49.3 Å². The highest BCUT2D eigenvalue weighted by molar-refractivity contribution is 8.13. The van der Waals surface area contributed by atoms with Crippen LogP contribution in [-0.4, -0.2) is 86.6 Å². The molecule has 2 aliphatic heterocycles. The van der Waals surface area contributed by atoms with Crippen molar-refractivity contribution in [1.82, 2.24) is 10.2 Å². The number of ether oxygens (including phenoxy) is 4. The van der Waals surface area contributed by atoms with Crippen LogP contribution in [0, 0.1) is 0 Å². The maximum atomic E-state index is 13.5. The molecule has 13 nitrogen and oxygen atoms in total. The van der Waals surface area contributed by atoms with Crippen LogP contribution < -0.4 is 25.4 Å². The number of nitrogens with zero attached hydrogens (tertiary/aromatic N) is 2. The molecule has 2 amide bonds. The van der Waals surface area contributed by atoms with Crippen molar-refractivity contribution in [1.29, 1.82) is 0 Å². The third-order valence-electron chi connectivity index (χ3n) is 8.64. The molecule has 50 heavy (non-hydrogen) atoms. The number of anilines is 1. The zero-order chi connectivity index (χ0) is 36.2. The molecule has 2 aliphatic rings. The van der Waals surface area contributed by atoms with E-state index >= 15 is 0 Å². The molecule has 0 aliphatic carbocycles. The lowest BCUT2D eigenvalue weighted by atomic mass is 9.77. The molecule has 1 unspecified atom stereocenters. The minimum atomic E-state index is -1.31. The van der Waals surface area contributed by atoms with Crippen LogP contribution in [0.1, 0.15) is 53.2 Å². The van der Waals surface area contributed by atoms with E-state index in [1.165, 1.54) is 27.1 Å². The zero-order valence-electron chi connectivity index (χ0n) is 28.5. The Bertz CT molecular complexity index is 1820. The number of carbonyl (C=O) groups excluding carboxylic acids is 5. The summed E-state index contributed by atoms with van der Waals surface area (Å²) in [6, 6.07) is 15.4. The molecule has 264 valence electrons. The number of unbranched alkanes of at least 4 members (excludes halogenated alkanes) is 1. The largest absolute Gasteiger partial charge is 0.467 e. The molecule has 0 saturated heterocycles. The van der Waals surface area contributed by atoms with Crippen LogP contribution in [0.15, 0.2) is 60.7 Å². The predicted molar refractivity (Wildman–Crippen MR) is 187 cm³/mol. The molecule has 3 aromatic carbocycles. The maximum absolute atomic E-state index is 13.5. The van der Waals surface area contributed by atoms with Crippen molar-refractivity contribution in [2.75, 3.05) is 45.5 Å². The van der Waals surface area contributed by atoms with Gasteiger partial charge in [0.15, 0.2) is 10.7 Å². The molecule has 0 radical (unpaired) electrons. The third kappa shape index (κ3) is 7.12. The van der Waals surface area contributed by atoms with Crippen molar-refractivity contribution >= 4 is 46.5 Å². The first-order valence-corrected chi connectivity index (χ1v) is 17.0. The fourth-order valence-electron chi connectivity index (χ4n) is 6.00. The number of benzene rings is 3. The zero-order valence-corrected chi connectivity index (χ0v) is 29.3. The molecule has 3 atom stereocenters. The first-order chi connectivity index (χ1) is 23.9. The number of hydrogen-bond acceptors (Lipinski definition) is 12. The number of nitrogens with one attached hydrogen (secondary N) is 1. The lowest BCUT2D eigenvalue weighted by molar-refractivity contribution is -0.145. The number of carbonyl (C=O) groups is 5. The molecule has 0 fully saturated rings. The number of rotatable bonds is 12. The van der Waals surface area contributed by atoms with E-state index in [0.717, 1.165) is 22.3 Å². The van der Waals surface area contributed by atoms with Crippen molar-refractivity contribution in [3.05, 3.63) is 82.9 Å². The Morgan fingerprint density at radius 3 is 2.34 bits per heavy atom. The van der Waals surface area contributed by atoms with Crippen molar-refractivity contribution in [2.24, 2.45) is 5.73 Å². The summed E-state index contributed by atoms with van der Waals surface area (Å²) in [5.41, 5.74) is 7.39. The van der Waals surface area contributed by atoms with Crippen LogP contribution in [0.3, 0.4) is 0 Å². The standard InChI is InChI=1S/C36H40N4O9S/c1-21(41)50-20-29(32(42)38-28(34(44)46-5)12-8-9-17-37)40(4)35(45)47-23-14-16-27-31(19-23)48-30-18-22(39(2)3)13-15-26(30)36(27)25-11-7-6-10-24(25)33(43)49-36/h6-7,10-11,13-16,18-19,28-29H,8-9,12,17,20,37H2,1-5H3,(H,38,42)/t28-,29-,36?/m0/s1. The van der Waals surface area contributed by atoms with Gasteiger partial charge in [-0.25, -0.2) is 14.4 Å². The van der Waals surface area contributed by atoms with Crippen LogP contribution in [0.2, 0.25) is 0 Å². The number of esters is 2. The van der Waals surface area contributed by atoms with Crippen LogP contribution >= 0.6 is 11.8 Å². The first-order valence-electron chi connectivity index (χ1n) is 16.0. The van der Waals surface area contributed by atoms with Crippen LogP contribution in [0.4, 0.5) is 10.5 Å². The number of thioether (sulfide) groups is 1. The molecule has 2 heterocycles. The van der Waals surface area contributed by atoms with Gasteiger partial charge in [-0.05, 0) is 56.1 Å². The van der Waals surface area contributed by atoms with Gasteiger partial charge in [0.2, 0.25) is 5.91 Å². The predicted octanol–water partition coefficient (Wildman–Crippen LogP) is 4.19. The summed E-state index contributed by atoms with van der Waals surface area (Å²) in [5.74, 6) is -1.02. The number of fused-ring (bicyclic) bond motifs is 6.